The summed E-state index contributed by atoms with van der Waals surface area (Å²) in [5.74, 6) is 0. The predicted octanol–water partition coefficient (Wildman–Crippen LogP) is 10.9. The molecular formula is C30H18S4. The Morgan fingerprint density at radius 3 is 1.29 bits per heavy atom. The van der Waals surface area contributed by atoms with Gasteiger partial charge >= 0.3 is 0 Å². The number of rotatable bonds is 4. The SMILES string of the molecule is C(=Cc1cc2sc3cc4c(cc3c2s1)sc1cc(C=Cc2ccccc2)sc14)c1ccccc1. The van der Waals surface area contributed by atoms with E-state index in [1.54, 1.807) is 0 Å². The van der Waals surface area contributed by atoms with Gasteiger partial charge < -0.3 is 0 Å². The summed E-state index contributed by atoms with van der Waals surface area (Å²) < 4.78 is 8.39. The molecule has 0 aliphatic carbocycles. The van der Waals surface area contributed by atoms with Crippen molar-refractivity contribution in [3.63, 3.8) is 0 Å². The third kappa shape index (κ3) is 3.64. The summed E-state index contributed by atoms with van der Waals surface area (Å²) in [5.41, 5.74) is 2.48. The molecule has 0 bridgehead atoms. The fourth-order valence-electron chi connectivity index (χ4n) is 4.28. The van der Waals surface area contributed by atoms with Crippen molar-refractivity contribution in [3.8, 4) is 0 Å². The Hall–Kier alpha value is -3.02. The maximum atomic E-state index is 2.42. The monoisotopic (exact) mass is 506 g/mol. The minimum absolute atomic E-state index is 1.24. The maximum Gasteiger partial charge on any atom is 0.0536 e. The highest BCUT2D eigenvalue weighted by Crippen LogP contribution is 2.46. The first-order chi connectivity index (χ1) is 16.8. The fourth-order valence-corrected chi connectivity index (χ4v) is 9.18. The van der Waals surface area contributed by atoms with E-state index in [9.17, 15) is 0 Å². The zero-order chi connectivity index (χ0) is 22.5. The summed E-state index contributed by atoms with van der Waals surface area (Å²) in [4.78, 5) is 2.63. The molecule has 0 saturated carbocycles. The largest absolute Gasteiger partial charge is 0.134 e. The van der Waals surface area contributed by atoms with Gasteiger partial charge in [-0.2, -0.15) is 0 Å². The topological polar surface area (TPSA) is 0 Å². The van der Waals surface area contributed by atoms with Gasteiger partial charge in [0.25, 0.3) is 0 Å². The van der Waals surface area contributed by atoms with E-state index in [0.29, 0.717) is 0 Å². The number of fused-ring (bicyclic) bond motifs is 6. The van der Waals surface area contributed by atoms with Crippen LogP contribution in [0.1, 0.15) is 20.9 Å². The Morgan fingerprint density at radius 2 is 0.853 bits per heavy atom. The minimum atomic E-state index is 1.24. The van der Waals surface area contributed by atoms with Crippen molar-refractivity contribution in [2.45, 2.75) is 0 Å². The minimum Gasteiger partial charge on any atom is -0.134 e. The summed E-state index contributed by atoms with van der Waals surface area (Å²) in [5, 5.41) is 2.80. The number of thiophene rings is 4. The molecule has 162 valence electrons. The van der Waals surface area contributed by atoms with Crippen LogP contribution in [-0.2, 0) is 0 Å². The third-order valence-electron chi connectivity index (χ3n) is 5.92. The second-order valence-electron chi connectivity index (χ2n) is 8.22. The lowest BCUT2D eigenvalue weighted by molar-refractivity contribution is 1.67. The highest BCUT2D eigenvalue weighted by atomic mass is 32.1. The summed E-state index contributed by atoms with van der Waals surface area (Å²) in [7, 11) is 0. The standard InChI is InChI=1S/C30H18S4/c1-3-7-19(8-4-1)11-13-21-15-27-29(31-21)23-17-26-24(18-25(23)33-27)30-28(34-26)16-22(32-30)14-12-20-9-5-2-6-10-20/h1-18H. The Morgan fingerprint density at radius 1 is 0.412 bits per heavy atom. The van der Waals surface area contributed by atoms with Crippen molar-refractivity contribution < 1.29 is 0 Å². The first-order valence-corrected chi connectivity index (χ1v) is 14.4. The molecule has 0 radical (unpaired) electrons. The van der Waals surface area contributed by atoms with Crippen LogP contribution in [0.15, 0.2) is 84.9 Å². The van der Waals surface area contributed by atoms with Gasteiger partial charge in [-0.15, -0.1) is 45.3 Å². The van der Waals surface area contributed by atoms with Crippen molar-refractivity contribution in [1.29, 1.82) is 0 Å². The molecule has 4 heterocycles. The maximum absolute atomic E-state index is 2.42. The van der Waals surface area contributed by atoms with E-state index < -0.39 is 0 Å². The molecule has 4 heteroatoms. The average molecular weight is 507 g/mol. The molecule has 7 rings (SSSR count). The molecule has 0 fully saturated rings. The van der Waals surface area contributed by atoms with Crippen molar-refractivity contribution >= 4 is 109 Å². The molecule has 3 aromatic carbocycles. The van der Waals surface area contributed by atoms with Crippen LogP contribution in [0.5, 0.6) is 0 Å². The van der Waals surface area contributed by atoms with Gasteiger partial charge in [0.15, 0.2) is 0 Å². The van der Waals surface area contributed by atoms with E-state index in [2.05, 4.69) is 109 Å². The van der Waals surface area contributed by atoms with Gasteiger partial charge in [-0.3, -0.25) is 0 Å². The van der Waals surface area contributed by atoms with Crippen LogP contribution in [-0.4, -0.2) is 0 Å². The highest BCUT2D eigenvalue weighted by Gasteiger charge is 2.14. The van der Waals surface area contributed by atoms with E-state index in [1.807, 2.05) is 45.3 Å². The van der Waals surface area contributed by atoms with Gasteiger partial charge in [-0.25, -0.2) is 0 Å². The molecule has 0 amide bonds. The lowest BCUT2D eigenvalue weighted by Gasteiger charge is -1.93. The highest BCUT2D eigenvalue weighted by molar-refractivity contribution is 7.34. The Balaban J connectivity index is 1.26. The molecule has 0 aliphatic heterocycles. The van der Waals surface area contributed by atoms with Gasteiger partial charge in [0.2, 0.25) is 0 Å². The molecule has 0 unspecified atom stereocenters. The Labute approximate surface area is 213 Å². The molecule has 0 atom stereocenters. The molecule has 34 heavy (non-hydrogen) atoms. The van der Waals surface area contributed by atoms with Crippen LogP contribution >= 0.6 is 45.3 Å². The predicted molar refractivity (Wildman–Crippen MR) is 159 cm³/mol. The second-order valence-corrected chi connectivity index (χ2v) is 12.6. The lowest BCUT2D eigenvalue weighted by Crippen LogP contribution is -1.67. The molecule has 0 aliphatic rings. The van der Waals surface area contributed by atoms with E-state index >= 15 is 0 Å². The van der Waals surface area contributed by atoms with E-state index in [0.717, 1.165) is 0 Å². The summed E-state index contributed by atoms with van der Waals surface area (Å²) in [6.07, 6.45) is 8.88. The van der Waals surface area contributed by atoms with Crippen LogP contribution in [0.2, 0.25) is 0 Å². The Bertz CT molecular complexity index is 1700. The number of hydrogen-bond acceptors (Lipinski definition) is 4. The van der Waals surface area contributed by atoms with Gasteiger partial charge in [0.05, 0.1) is 9.40 Å². The molecule has 0 spiro atoms. The molecule has 4 aromatic heterocycles. The van der Waals surface area contributed by atoms with Crippen molar-refractivity contribution in [2.24, 2.45) is 0 Å². The molecule has 0 N–H and O–H groups in total. The molecule has 0 saturated heterocycles. The van der Waals surface area contributed by atoms with Gasteiger partial charge in [-0.1, -0.05) is 72.8 Å². The van der Waals surface area contributed by atoms with Crippen LogP contribution in [0.3, 0.4) is 0 Å². The van der Waals surface area contributed by atoms with Crippen LogP contribution in [0, 0.1) is 0 Å². The van der Waals surface area contributed by atoms with Gasteiger partial charge in [-0.05, 0) is 47.5 Å². The first kappa shape index (κ1) is 20.4. The van der Waals surface area contributed by atoms with Gasteiger partial charge in [0, 0.05) is 39.3 Å². The van der Waals surface area contributed by atoms with E-state index in [1.165, 1.54) is 59.9 Å². The van der Waals surface area contributed by atoms with Crippen molar-refractivity contribution in [2.75, 3.05) is 0 Å². The lowest BCUT2D eigenvalue weighted by atomic mass is 10.2. The quantitative estimate of drug-likeness (QED) is 0.223. The van der Waals surface area contributed by atoms with Gasteiger partial charge in [0.1, 0.15) is 0 Å². The zero-order valence-electron chi connectivity index (χ0n) is 18.0. The number of hydrogen-bond donors (Lipinski definition) is 0. The average Bonchev–Trinajstić information content (AvgIpc) is 3.61. The second kappa shape index (κ2) is 8.33. The molecule has 0 nitrogen and oxygen atoms in total. The smallest absolute Gasteiger partial charge is 0.0536 e. The third-order valence-corrected chi connectivity index (χ3v) is 10.6. The van der Waals surface area contributed by atoms with Crippen LogP contribution < -0.4 is 0 Å². The summed E-state index contributed by atoms with van der Waals surface area (Å²) in [6.45, 7) is 0. The zero-order valence-corrected chi connectivity index (χ0v) is 21.3. The fraction of sp³-hybridized carbons (Fsp3) is 0. The van der Waals surface area contributed by atoms with Crippen molar-refractivity contribution in [3.05, 3.63) is 106 Å². The van der Waals surface area contributed by atoms with Crippen LogP contribution in [0.25, 0.3) is 63.3 Å². The van der Waals surface area contributed by atoms with Crippen molar-refractivity contribution in [1.82, 2.24) is 0 Å². The molecule has 7 aromatic rings. The first-order valence-electron chi connectivity index (χ1n) is 11.1. The summed E-state index contributed by atoms with van der Waals surface area (Å²) >= 11 is 7.63. The molecular weight excluding hydrogens is 489 g/mol. The number of benzene rings is 3. The van der Waals surface area contributed by atoms with Crippen LogP contribution in [0.4, 0.5) is 0 Å². The normalized spacial score (nSPS) is 12.5. The van der Waals surface area contributed by atoms with E-state index in [4.69, 9.17) is 0 Å². The summed E-state index contributed by atoms with van der Waals surface area (Å²) in [6, 6.07) is 30.5. The Kier molecular flexibility index (Phi) is 4.99. The van der Waals surface area contributed by atoms with E-state index in [-0.39, 0.29) is 0 Å².